The molecule has 0 radical (unpaired) electrons. The molecule has 1 aliphatic heterocycles. The Kier molecular flexibility index (Phi) is 7.25. The first kappa shape index (κ1) is 23.7. The molecule has 0 spiro atoms. The smallest absolute Gasteiger partial charge is 0.265 e. The highest BCUT2D eigenvalue weighted by molar-refractivity contribution is 6.05. The number of methoxy groups -OCH3 is 1. The van der Waals surface area contributed by atoms with Gasteiger partial charge in [0.05, 0.1) is 25.0 Å². The van der Waals surface area contributed by atoms with Gasteiger partial charge in [0.25, 0.3) is 5.91 Å². The van der Waals surface area contributed by atoms with Gasteiger partial charge < -0.3 is 19.5 Å². The van der Waals surface area contributed by atoms with Gasteiger partial charge >= 0.3 is 0 Å². The van der Waals surface area contributed by atoms with Crippen molar-refractivity contribution >= 4 is 23.3 Å². The first-order chi connectivity index (χ1) is 17.0. The van der Waals surface area contributed by atoms with Crippen molar-refractivity contribution in [2.75, 3.05) is 25.2 Å². The van der Waals surface area contributed by atoms with E-state index in [2.05, 4.69) is 10.3 Å². The van der Waals surface area contributed by atoms with Gasteiger partial charge in [0.15, 0.2) is 30.5 Å². The lowest BCUT2D eigenvalue weighted by atomic mass is 10.1. The zero-order valence-electron chi connectivity index (χ0n) is 19.4. The van der Waals surface area contributed by atoms with Crippen molar-refractivity contribution in [3.8, 4) is 17.2 Å². The Labute approximate surface area is 202 Å². The van der Waals surface area contributed by atoms with Crippen LogP contribution < -0.4 is 24.4 Å². The molecule has 0 bridgehead atoms. The fourth-order valence-electron chi connectivity index (χ4n) is 3.68. The van der Waals surface area contributed by atoms with Gasteiger partial charge in [-0.2, -0.15) is 0 Å². The molecule has 0 saturated carbocycles. The average Bonchev–Trinajstić information content (AvgIpc) is 2.90. The minimum atomic E-state index is -0.830. The lowest BCUT2D eigenvalue weighted by molar-refractivity contribution is -0.127. The quantitative estimate of drug-likeness (QED) is 0.474. The van der Waals surface area contributed by atoms with E-state index in [0.29, 0.717) is 34.2 Å². The fourth-order valence-corrected chi connectivity index (χ4v) is 3.68. The van der Waals surface area contributed by atoms with Crippen molar-refractivity contribution in [1.82, 2.24) is 10.3 Å². The van der Waals surface area contributed by atoms with Crippen LogP contribution in [0, 0.1) is 0 Å². The van der Waals surface area contributed by atoms with Crippen molar-refractivity contribution in [3.63, 3.8) is 0 Å². The van der Waals surface area contributed by atoms with Crippen molar-refractivity contribution < 1.29 is 28.6 Å². The highest BCUT2D eigenvalue weighted by atomic mass is 16.5. The topological polar surface area (TPSA) is 107 Å². The second kappa shape index (κ2) is 10.7. The molecule has 1 aromatic heterocycles. The number of ether oxygens (including phenoxy) is 3. The normalized spacial score (nSPS) is 13.3. The van der Waals surface area contributed by atoms with Crippen molar-refractivity contribution in [1.29, 1.82) is 0 Å². The van der Waals surface area contributed by atoms with Gasteiger partial charge in [0.2, 0.25) is 5.91 Å². The van der Waals surface area contributed by atoms with Crippen molar-refractivity contribution in [2.24, 2.45) is 0 Å². The van der Waals surface area contributed by atoms with Gasteiger partial charge in [0, 0.05) is 11.8 Å². The number of pyridine rings is 1. The number of Topliss-reactive ketones (excluding diaryl/α,β-unsaturated/α-hetero) is 1. The lowest BCUT2D eigenvalue weighted by Gasteiger charge is -2.33. The zero-order chi connectivity index (χ0) is 24.8. The first-order valence-electron chi connectivity index (χ1n) is 11.0. The van der Waals surface area contributed by atoms with Crippen LogP contribution in [-0.2, 0) is 16.1 Å². The van der Waals surface area contributed by atoms with E-state index < -0.39 is 6.04 Å². The highest BCUT2D eigenvalue weighted by Crippen LogP contribution is 2.35. The molecule has 2 amide bonds. The van der Waals surface area contributed by atoms with E-state index in [-0.39, 0.29) is 37.4 Å². The SMILES string of the molecule is COc1ccccc1OCC(=O)c1ccc2c(c1)N([C@H](C)C(=O)NCc1ccccn1)C(=O)CO2. The van der Waals surface area contributed by atoms with E-state index >= 15 is 0 Å². The Hall–Kier alpha value is -4.40. The molecule has 1 atom stereocenters. The maximum absolute atomic E-state index is 12.9. The summed E-state index contributed by atoms with van der Waals surface area (Å²) >= 11 is 0. The number of para-hydroxylation sites is 2. The average molecular weight is 476 g/mol. The third kappa shape index (κ3) is 5.40. The predicted octanol–water partition coefficient (Wildman–Crippen LogP) is 2.78. The Morgan fingerprint density at radius 2 is 1.89 bits per heavy atom. The number of anilines is 1. The number of hydrogen-bond acceptors (Lipinski definition) is 7. The number of carbonyl (C=O) groups is 3. The van der Waals surface area contributed by atoms with Crippen molar-refractivity contribution in [3.05, 3.63) is 78.1 Å². The number of nitrogens with zero attached hydrogens (tertiary/aromatic N) is 2. The molecule has 9 heteroatoms. The second-order valence-corrected chi connectivity index (χ2v) is 7.81. The third-order valence-electron chi connectivity index (χ3n) is 5.52. The number of nitrogens with one attached hydrogen (secondary N) is 1. The molecular weight excluding hydrogens is 450 g/mol. The van der Waals surface area contributed by atoms with Crippen LogP contribution in [0.5, 0.6) is 17.2 Å². The minimum absolute atomic E-state index is 0.199. The summed E-state index contributed by atoms with van der Waals surface area (Å²) in [6, 6.07) is 16.4. The second-order valence-electron chi connectivity index (χ2n) is 7.81. The summed E-state index contributed by atoms with van der Waals surface area (Å²) in [4.78, 5) is 44.0. The number of carbonyl (C=O) groups excluding carboxylic acids is 3. The summed E-state index contributed by atoms with van der Waals surface area (Å²) in [6.07, 6.45) is 1.64. The maximum Gasteiger partial charge on any atom is 0.265 e. The summed E-state index contributed by atoms with van der Waals surface area (Å²) in [6.45, 7) is 1.43. The molecule has 1 aliphatic rings. The maximum atomic E-state index is 12.9. The Bertz CT molecular complexity index is 1230. The molecule has 2 heterocycles. The minimum Gasteiger partial charge on any atom is -0.493 e. The molecule has 1 N–H and O–H groups in total. The van der Waals surface area contributed by atoms with E-state index in [0.717, 1.165) is 0 Å². The van der Waals surface area contributed by atoms with E-state index in [1.807, 2.05) is 6.07 Å². The Balaban J connectivity index is 1.49. The van der Waals surface area contributed by atoms with E-state index in [9.17, 15) is 14.4 Å². The number of aromatic nitrogens is 1. The van der Waals surface area contributed by atoms with Crippen LogP contribution in [0.2, 0.25) is 0 Å². The molecule has 0 saturated heterocycles. The molecule has 2 aromatic carbocycles. The van der Waals surface area contributed by atoms with Crippen LogP contribution in [0.15, 0.2) is 66.9 Å². The molecule has 35 heavy (non-hydrogen) atoms. The number of amides is 2. The molecule has 3 aromatic rings. The van der Waals surface area contributed by atoms with E-state index in [1.54, 1.807) is 67.7 Å². The standard InChI is InChI=1S/C26H25N3O6/c1-17(26(32)28-14-19-7-5-6-12-27-19)29-20-13-18(10-11-22(20)35-16-25(29)31)21(30)15-34-24-9-4-3-8-23(24)33-2/h3-13,17H,14-16H2,1-2H3,(H,28,32)/t17-/m1/s1. The molecule has 0 unspecified atom stereocenters. The molecule has 9 nitrogen and oxygen atoms in total. The Morgan fingerprint density at radius 1 is 1.11 bits per heavy atom. The fraction of sp³-hybridized carbons (Fsp3) is 0.231. The number of ketones is 1. The van der Waals surface area contributed by atoms with Gasteiger partial charge in [-0.15, -0.1) is 0 Å². The van der Waals surface area contributed by atoms with E-state index in [4.69, 9.17) is 14.2 Å². The summed E-state index contributed by atoms with van der Waals surface area (Å²) in [5, 5.41) is 2.80. The largest absolute Gasteiger partial charge is 0.493 e. The number of rotatable bonds is 9. The van der Waals surface area contributed by atoms with Crippen LogP contribution in [0.1, 0.15) is 23.0 Å². The zero-order valence-corrected chi connectivity index (χ0v) is 19.4. The van der Waals surface area contributed by atoms with Crippen LogP contribution >= 0.6 is 0 Å². The van der Waals surface area contributed by atoms with E-state index in [1.165, 1.54) is 12.0 Å². The first-order valence-corrected chi connectivity index (χ1v) is 11.0. The number of hydrogen-bond donors (Lipinski definition) is 1. The van der Waals surface area contributed by atoms with Crippen LogP contribution in [-0.4, -0.2) is 48.9 Å². The molecular formula is C26H25N3O6. The van der Waals surface area contributed by atoms with Gasteiger partial charge in [-0.1, -0.05) is 18.2 Å². The van der Waals surface area contributed by atoms with Crippen LogP contribution in [0.4, 0.5) is 5.69 Å². The molecule has 4 rings (SSSR count). The monoisotopic (exact) mass is 475 g/mol. The summed E-state index contributed by atoms with van der Waals surface area (Å²) in [5.41, 5.74) is 1.37. The van der Waals surface area contributed by atoms with Crippen molar-refractivity contribution in [2.45, 2.75) is 19.5 Å². The predicted molar refractivity (Wildman–Crippen MR) is 128 cm³/mol. The number of fused-ring (bicyclic) bond motifs is 1. The van der Waals surface area contributed by atoms with Gasteiger partial charge in [0.1, 0.15) is 11.8 Å². The van der Waals surface area contributed by atoms with Crippen LogP contribution in [0.3, 0.4) is 0 Å². The summed E-state index contributed by atoms with van der Waals surface area (Å²) in [7, 11) is 1.52. The molecule has 0 fully saturated rings. The van der Waals surface area contributed by atoms with Crippen LogP contribution in [0.25, 0.3) is 0 Å². The number of benzene rings is 2. The summed E-state index contributed by atoms with van der Waals surface area (Å²) < 4.78 is 16.4. The summed E-state index contributed by atoms with van der Waals surface area (Å²) in [5.74, 6) is 0.335. The molecule has 180 valence electrons. The lowest BCUT2D eigenvalue weighted by Crippen LogP contribution is -2.51. The third-order valence-corrected chi connectivity index (χ3v) is 5.52. The van der Waals surface area contributed by atoms with Gasteiger partial charge in [-0.05, 0) is 49.4 Å². The molecule has 0 aliphatic carbocycles. The highest BCUT2D eigenvalue weighted by Gasteiger charge is 2.33. The van der Waals surface area contributed by atoms with Gasteiger partial charge in [-0.3, -0.25) is 24.3 Å². The van der Waals surface area contributed by atoms with Gasteiger partial charge in [-0.25, -0.2) is 0 Å². The Morgan fingerprint density at radius 3 is 2.63 bits per heavy atom.